The van der Waals surface area contributed by atoms with E-state index in [0.29, 0.717) is 0 Å². The van der Waals surface area contributed by atoms with Gasteiger partial charge in [-0.3, -0.25) is 0 Å². The van der Waals surface area contributed by atoms with Gasteiger partial charge in [-0.25, -0.2) is 0 Å². The van der Waals surface area contributed by atoms with Crippen molar-refractivity contribution in [2.24, 2.45) is 0 Å². The second-order valence-corrected chi connectivity index (χ2v) is 6.69. The molecular formula is C18H21BrN2. The molecule has 0 radical (unpaired) electrons. The Kier molecular flexibility index (Phi) is 4.61. The zero-order chi connectivity index (χ0) is 14.7. The van der Waals surface area contributed by atoms with Crippen LogP contribution in [0.3, 0.4) is 0 Å². The van der Waals surface area contributed by atoms with E-state index in [1.54, 1.807) is 0 Å². The van der Waals surface area contributed by atoms with Gasteiger partial charge in [0.15, 0.2) is 0 Å². The Labute approximate surface area is 135 Å². The normalized spacial score (nSPS) is 14.2. The van der Waals surface area contributed by atoms with Crippen molar-refractivity contribution < 1.29 is 0 Å². The maximum atomic E-state index is 3.61. The first-order valence-corrected chi connectivity index (χ1v) is 8.28. The molecule has 21 heavy (non-hydrogen) atoms. The molecule has 0 amide bonds. The first kappa shape index (κ1) is 14.6. The van der Waals surface area contributed by atoms with Gasteiger partial charge in [-0.2, -0.15) is 0 Å². The Bertz CT molecular complexity index is 593. The van der Waals surface area contributed by atoms with Gasteiger partial charge in [-0.1, -0.05) is 46.3 Å². The van der Waals surface area contributed by atoms with Gasteiger partial charge in [0.2, 0.25) is 0 Å². The quantitative estimate of drug-likeness (QED) is 0.838. The molecule has 2 aromatic rings. The zero-order valence-corrected chi connectivity index (χ0v) is 13.9. The summed E-state index contributed by atoms with van der Waals surface area (Å²) < 4.78 is 1.15. The lowest BCUT2D eigenvalue weighted by atomic mass is 10.1. The molecule has 1 saturated carbocycles. The molecule has 1 aliphatic rings. The Hall–Kier alpha value is -1.32. The summed E-state index contributed by atoms with van der Waals surface area (Å²) in [6.45, 7) is 1.87. The molecule has 3 heteroatoms. The molecule has 0 aliphatic heterocycles. The van der Waals surface area contributed by atoms with Gasteiger partial charge in [-0.15, -0.1) is 0 Å². The minimum atomic E-state index is 0.733. The van der Waals surface area contributed by atoms with E-state index in [1.807, 2.05) is 0 Å². The largest absolute Gasteiger partial charge is 0.370 e. The molecule has 3 rings (SSSR count). The number of hydrogen-bond donors (Lipinski definition) is 1. The van der Waals surface area contributed by atoms with Gasteiger partial charge in [0.05, 0.1) is 0 Å². The van der Waals surface area contributed by atoms with E-state index in [0.717, 1.165) is 23.6 Å². The van der Waals surface area contributed by atoms with Gasteiger partial charge in [-0.05, 0) is 42.2 Å². The Morgan fingerprint density at radius 2 is 1.90 bits per heavy atom. The van der Waals surface area contributed by atoms with E-state index in [2.05, 4.69) is 81.7 Å². The number of hydrogen-bond acceptors (Lipinski definition) is 2. The lowest BCUT2D eigenvalue weighted by Gasteiger charge is -2.23. The maximum absolute atomic E-state index is 3.61. The Morgan fingerprint density at radius 1 is 1.14 bits per heavy atom. The second-order valence-electron chi connectivity index (χ2n) is 5.77. The Balaban J connectivity index is 1.75. The third-order valence-electron chi connectivity index (χ3n) is 3.87. The van der Waals surface area contributed by atoms with Crippen molar-refractivity contribution in [3.63, 3.8) is 0 Å². The van der Waals surface area contributed by atoms with Gasteiger partial charge in [0, 0.05) is 36.3 Å². The van der Waals surface area contributed by atoms with Crippen LogP contribution in [0.15, 0.2) is 53.0 Å². The van der Waals surface area contributed by atoms with E-state index < -0.39 is 0 Å². The van der Waals surface area contributed by atoms with Crippen molar-refractivity contribution in [1.82, 2.24) is 5.32 Å². The molecular weight excluding hydrogens is 324 g/mol. The topological polar surface area (TPSA) is 15.3 Å². The van der Waals surface area contributed by atoms with E-state index >= 15 is 0 Å². The van der Waals surface area contributed by atoms with Gasteiger partial charge in [0.1, 0.15) is 0 Å². The van der Waals surface area contributed by atoms with Crippen LogP contribution in [0.25, 0.3) is 0 Å². The predicted octanol–water partition coefficient (Wildman–Crippen LogP) is 4.34. The van der Waals surface area contributed by atoms with Crippen molar-refractivity contribution in [1.29, 1.82) is 0 Å². The highest BCUT2D eigenvalue weighted by atomic mass is 79.9. The molecule has 0 spiro atoms. The molecule has 0 heterocycles. The summed E-state index contributed by atoms with van der Waals surface area (Å²) >= 11 is 3.59. The van der Waals surface area contributed by atoms with Gasteiger partial charge < -0.3 is 10.2 Å². The van der Waals surface area contributed by atoms with Crippen molar-refractivity contribution in [2.75, 3.05) is 11.9 Å². The van der Waals surface area contributed by atoms with E-state index in [1.165, 1.54) is 29.7 Å². The number of halogens is 1. The van der Waals surface area contributed by atoms with Crippen molar-refractivity contribution in [2.45, 2.75) is 32.0 Å². The maximum Gasteiger partial charge on any atom is 0.0426 e. The third kappa shape index (κ3) is 4.08. The van der Waals surface area contributed by atoms with Crippen LogP contribution >= 0.6 is 15.9 Å². The summed E-state index contributed by atoms with van der Waals surface area (Å²) in [5.74, 6) is 0. The first-order valence-electron chi connectivity index (χ1n) is 7.49. The average molecular weight is 345 g/mol. The first-order chi connectivity index (χ1) is 10.2. The van der Waals surface area contributed by atoms with Crippen LogP contribution in [0.2, 0.25) is 0 Å². The standard InChI is InChI=1S/C18H21BrN2/c1-21(13-14-5-3-2-4-6-14)18-10-7-16(19)11-15(18)12-20-17-8-9-17/h2-7,10-11,17,20H,8-9,12-13H2,1H3. The molecule has 1 aliphatic carbocycles. The number of anilines is 1. The number of nitrogens with one attached hydrogen (secondary N) is 1. The fourth-order valence-corrected chi connectivity index (χ4v) is 2.96. The zero-order valence-electron chi connectivity index (χ0n) is 12.3. The van der Waals surface area contributed by atoms with Crippen molar-refractivity contribution in [3.05, 3.63) is 64.1 Å². The molecule has 110 valence electrons. The number of benzene rings is 2. The highest BCUT2D eigenvalue weighted by Crippen LogP contribution is 2.27. The fourth-order valence-electron chi connectivity index (χ4n) is 2.55. The van der Waals surface area contributed by atoms with E-state index in [4.69, 9.17) is 0 Å². The highest BCUT2D eigenvalue weighted by Gasteiger charge is 2.20. The summed E-state index contributed by atoms with van der Waals surface area (Å²) in [5, 5.41) is 3.61. The molecule has 0 bridgehead atoms. The molecule has 1 N–H and O–H groups in total. The van der Waals surface area contributed by atoms with E-state index in [-0.39, 0.29) is 0 Å². The molecule has 2 aromatic carbocycles. The average Bonchev–Trinajstić information content (AvgIpc) is 3.30. The number of rotatable bonds is 6. The summed E-state index contributed by atoms with van der Waals surface area (Å²) in [6, 6.07) is 17.9. The highest BCUT2D eigenvalue weighted by molar-refractivity contribution is 9.10. The van der Waals surface area contributed by atoms with Crippen molar-refractivity contribution >= 4 is 21.6 Å². The van der Waals surface area contributed by atoms with Crippen molar-refractivity contribution in [3.8, 4) is 0 Å². The van der Waals surface area contributed by atoms with E-state index in [9.17, 15) is 0 Å². The summed E-state index contributed by atoms with van der Waals surface area (Å²) in [6.07, 6.45) is 2.65. The minimum Gasteiger partial charge on any atom is -0.370 e. The number of nitrogens with zero attached hydrogens (tertiary/aromatic N) is 1. The van der Waals surface area contributed by atoms with Gasteiger partial charge in [0.25, 0.3) is 0 Å². The monoisotopic (exact) mass is 344 g/mol. The minimum absolute atomic E-state index is 0.733. The van der Waals surface area contributed by atoms with Crippen LogP contribution < -0.4 is 10.2 Å². The van der Waals surface area contributed by atoms with Gasteiger partial charge >= 0.3 is 0 Å². The molecule has 0 aromatic heterocycles. The van der Waals surface area contributed by atoms with Crippen LogP contribution in [-0.2, 0) is 13.1 Å². The molecule has 0 saturated heterocycles. The predicted molar refractivity (Wildman–Crippen MR) is 92.6 cm³/mol. The SMILES string of the molecule is CN(Cc1ccccc1)c1ccc(Br)cc1CNC1CC1. The van der Waals surface area contributed by atoms with Crippen LogP contribution in [-0.4, -0.2) is 13.1 Å². The Morgan fingerprint density at radius 3 is 2.62 bits per heavy atom. The molecule has 2 nitrogen and oxygen atoms in total. The second kappa shape index (κ2) is 6.63. The molecule has 0 atom stereocenters. The molecule has 0 unspecified atom stereocenters. The van der Waals surface area contributed by atoms with Crippen LogP contribution in [0.1, 0.15) is 24.0 Å². The summed E-state index contributed by atoms with van der Waals surface area (Å²) in [5.41, 5.74) is 3.99. The lowest BCUT2D eigenvalue weighted by molar-refractivity contribution is 0.685. The summed E-state index contributed by atoms with van der Waals surface area (Å²) in [4.78, 5) is 2.33. The smallest absolute Gasteiger partial charge is 0.0426 e. The lowest BCUT2D eigenvalue weighted by Crippen LogP contribution is -2.21. The van der Waals surface area contributed by atoms with Crippen LogP contribution in [0.4, 0.5) is 5.69 Å². The molecule has 1 fully saturated rings. The summed E-state index contributed by atoms with van der Waals surface area (Å²) in [7, 11) is 2.16. The van der Waals surface area contributed by atoms with Crippen LogP contribution in [0, 0.1) is 0 Å². The van der Waals surface area contributed by atoms with Crippen LogP contribution in [0.5, 0.6) is 0 Å². The fraction of sp³-hybridized carbons (Fsp3) is 0.333. The third-order valence-corrected chi connectivity index (χ3v) is 4.37.